The SMILES string of the molecule is Cc1cn2c(/C=C/C(=O)N3CCN(c4ccccc4)CC3)c(C)nc2s1. The highest BCUT2D eigenvalue weighted by atomic mass is 32.1. The van der Waals surface area contributed by atoms with Gasteiger partial charge in [-0.2, -0.15) is 0 Å². The van der Waals surface area contributed by atoms with E-state index in [1.165, 1.54) is 10.6 Å². The van der Waals surface area contributed by atoms with Crippen LogP contribution in [0.4, 0.5) is 5.69 Å². The number of aromatic nitrogens is 2. The van der Waals surface area contributed by atoms with E-state index in [4.69, 9.17) is 0 Å². The first-order valence-corrected chi connectivity index (χ1v) is 9.65. The number of anilines is 1. The monoisotopic (exact) mass is 366 g/mol. The van der Waals surface area contributed by atoms with Gasteiger partial charge in [0.25, 0.3) is 0 Å². The van der Waals surface area contributed by atoms with E-state index in [-0.39, 0.29) is 5.91 Å². The maximum atomic E-state index is 12.6. The van der Waals surface area contributed by atoms with Gasteiger partial charge in [0.15, 0.2) is 4.96 Å². The third-order valence-electron chi connectivity index (χ3n) is 4.76. The quantitative estimate of drug-likeness (QED) is 0.667. The molecule has 0 unspecified atom stereocenters. The van der Waals surface area contributed by atoms with Gasteiger partial charge in [-0.05, 0) is 32.1 Å². The molecule has 1 aromatic carbocycles. The molecule has 0 aliphatic carbocycles. The summed E-state index contributed by atoms with van der Waals surface area (Å²) in [5.41, 5.74) is 3.16. The number of amides is 1. The second-order valence-electron chi connectivity index (χ2n) is 6.56. The molecule has 1 saturated heterocycles. The van der Waals surface area contributed by atoms with Crippen molar-refractivity contribution >= 4 is 34.0 Å². The number of carbonyl (C=O) groups is 1. The third kappa shape index (κ3) is 3.24. The lowest BCUT2D eigenvalue weighted by Gasteiger charge is -2.35. The molecule has 3 heterocycles. The molecule has 1 amide bonds. The van der Waals surface area contributed by atoms with E-state index in [1.807, 2.05) is 24.0 Å². The first-order valence-electron chi connectivity index (χ1n) is 8.84. The molecule has 5 nitrogen and oxygen atoms in total. The molecule has 2 aromatic heterocycles. The van der Waals surface area contributed by atoms with E-state index in [0.29, 0.717) is 0 Å². The molecular formula is C20H22N4OS. The molecule has 0 spiro atoms. The smallest absolute Gasteiger partial charge is 0.246 e. The summed E-state index contributed by atoms with van der Waals surface area (Å²) in [7, 11) is 0. The van der Waals surface area contributed by atoms with Crippen LogP contribution < -0.4 is 4.90 Å². The highest BCUT2D eigenvalue weighted by Crippen LogP contribution is 2.22. The third-order valence-corrected chi connectivity index (χ3v) is 5.66. The van der Waals surface area contributed by atoms with Gasteiger partial charge in [-0.1, -0.05) is 18.2 Å². The fourth-order valence-corrected chi connectivity index (χ4v) is 4.24. The fraction of sp³-hybridized carbons (Fsp3) is 0.300. The van der Waals surface area contributed by atoms with Crippen LogP contribution in [0.25, 0.3) is 11.0 Å². The van der Waals surface area contributed by atoms with Gasteiger partial charge >= 0.3 is 0 Å². The Bertz CT molecular complexity index is 949. The first kappa shape index (κ1) is 16.8. The van der Waals surface area contributed by atoms with Crippen molar-refractivity contribution in [3.8, 4) is 0 Å². The molecule has 0 saturated carbocycles. The van der Waals surface area contributed by atoms with E-state index >= 15 is 0 Å². The molecule has 0 N–H and O–H groups in total. The van der Waals surface area contributed by atoms with Crippen molar-refractivity contribution in [3.05, 3.63) is 58.9 Å². The zero-order chi connectivity index (χ0) is 18.1. The lowest BCUT2D eigenvalue weighted by atomic mass is 10.2. The average molecular weight is 366 g/mol. The van der Waals surface area contributed by atoms with Crippen molar-refractivity contribution in [2.24, 2.45) is 0 Å². The minimum Gasteiger partial charge on any atom is -0.368 e. The summed E-state index contributed by atoms with van der Waals surface area (Å²) in [5.74, 6) is 0.0685. The summed E-state index contributed by atoms with van der Waals surface area (Å²) < 4.78 is 2.06. The Morgan fingerprint density at radius 1 is 1.12 bits per heavy atom. The van der Waals surface area contributed by atoms with Gasteiger partial charge < -0.3 is 9.80 Å². The largest absolute Gasteiger partial charge is 0.368 e. The second kappa shape index (κ2) is 6.96. The summed E-state index contributed by atoms with van der Waals surface area (Å²) >= 11 is 1.66. The number of imidazole rings is 1. The number of rotatable bonds is 3. The van der Waals surface area contributed by atoms with Gasteiger partial charge in [0.1, 0.15) is 0 Å². The summed E-state index contributed by atoms with van der Waals surface area (Å²) in [6.45, 7) is 7.27. The van der Waals surface area contributed by atoms with Crippen molar-refractivity contribution < 1.29 is 4.79 Å². The Morgan fingerprint density at radius 2 is 1.85 bits per heavy atom. The molecule has 1 aliphatic rings. The summed E-state index contributed by atoms with van der Waals surface area (Å²) in [6, 6.07) is 10.4. The molecule has 134 valence electrons. The molecule has 1 aliphatic heterocycles. The van der Waals surface area contributed by atoms with Gasteiger partial charge in [0.2, 0.25) is 5.91 Å². The van der Waals surface area contributed by atoms with Crippen molar-refractivity contribution in [3.63, 3.8) is 0 Å². The maximum Gasteiger partial charge on any atom is 0.246 e. The zero-order valence-corrected chi connectivity index (χ0v) is 15.9. The van der Waals surface area contributed by atoms with Crippen LogP contribution >= 0.6 is 11.3 Å². The Kier molecular flexibility index (Phi) is 4.51. The van der Waals surface area contributed by atoms with E-state index in [9.17, 15) is 4.79 Å². The zero-order valence-electron chi connectivity index (χ0n) is 15.1. The molecule has 0 radical (unpaired) electrons. The predicted molar refractivity (Wildman–Crippen MR) is 107 cm³/mol. The minimum absolute atomic E-state index is 0.0685. The number of aryl methyl sites for hydroxylation is 2. The first-order chi connectivity index (χ1) is 12.6. The topological polar surface area (TPSA) is 40.9 Å². The Labute approximate surface area is 157 Å². The van der Waals surface area contributed by atoms with E-state index < -0.39 is 0 Å². The lowest BCUT2D eigenvalue weighted by molar-refractivity contribution is -0.126. The van der Waals surface area contributed by atoms with Gasteiger partial charge in [0.05, 0.1) is 11.4 Å². The molecule has 4 rings (SSSR count). The van der Waals surface area contributed by atoms with E-state index in [2.05, 4.69) is 51.7 Å². The summed E-state index contributed by atoms with van der Waals surface area (Å²) in [4.78, 5) is 23.6. The number of nitrogens with zero attached hydrogens (tertiary/aromatic N) is 4. The molecule has 1 fully saturated rings. The summed E-state index contributed by atoms with van der Waals surface area (Å²) in [5, 5.41) is 0. The molecule has 0 atom stereocenters. The van der Waals surface area contributed by atoms with Crippen LogP contribution in [0.3, 0.4) is 0 Å². The molecule has 6 heteroatoms. The number of benzene rings is 1. The van der Waals surface area contributed by atoms with Crippen LogP contribution in [0.5, 0.6) is 0 Å². The normalized spacial score (nSPS) is 15.3. The van der Waals surface area contributed by atoms with Crippen LogP contribution in [0.1, 0.15) is 16.3 Å². The van der Waals surface area contributed by atoms with Crippen molar-refractivity contribution in [1.29, 1.82) is 0 Å². The van der Waals surface area contributed by atoms with Crippen LogP contribution in [0.15, 0.2) is 42.6 Å². The average Bonchev–Trinajstić information content (AvgIpc) is 3.15. The Hall–Kier alpha value is -2.60. The van der Waals surface area contributed by atoms with Crippen molar-refractivity contribution in [1.82, 2.24) is 14.3 Å². The van der Waals surface area contributed by atoms with Crippen molar-refractivity contribution in [2.45, 2.75) is 13.8 Å². The molecule has 0 bridgehead atoms. The highest BCUT2D eigenvalue weighted by Gasteiger charge is 2.20. The lowest BCUT2D eigenvalue weighted by Crippen LogP contribution is -2.48. The fourth-order valence-electron chi connectivity index (χ4n) is 3.36. The maximum absolute atomic E-state index is 12.6. The van der Waals surface area contributed by atoms with Crippen LogP contribution in [0.2, 0.25) is 0 Å². The number of para-hydroxylation sites is 1. The number of hydrogen-bond acceptors (Lipinski definition) is 4. The molecule has 26 heavy (non-hydrogen) atoms. The standard InChI is InChI=1S/C20H22N4OS/c1-15-14-24-18(16(2)21-20(24)26-15)8-9-19(25)23-12-10-22(11-13-23)17-6-4-3-5-7-17/h3-9,14H,10-13H2,1-2H3/b9-8+. The number of thiazole rings is 1. The van der Waals surface area contributed by atoms with Crippen LogP contribution in [0, 0.1) is 13.8 Å². The summed E-state index contributed by atoms with van der Waals surface area (Å²) in [6.07, 6.45) is 5.65. The predicted octanol–water partition coefficient (Wildman–Crippen LogP) is 3.37. The number of fused-ring (bicyclic) bond motifs is 1. The number of carbonyl (C=O) groups excluding carboxylic acids is 1. The van der Waals surface area contributed by atoms with Gasteiger partial charge in [-0.25, -0.2) is 4.98 Å². The van der Waals surface area contributed by atoms with Crippen LogP contribution in [-0.4, -0.2) is 46.4 Å². The minimum atomic E-state index is 0.0685. The van der Waals surface area contributed by atoms with Crippen LogP contribution in [-0.2, 0) is 4.79 Å². The second-order valence-corrected chi connectivity index (χ2v) is 7.77. The number of piperazine rings is 1. The Balaban J connectivity index is 1.42. The highest BCUT2D eigenvalue weighted by molar-refractivity contribution is 7.17. The Morgan fingerprint density at radius 3 is 2.58 bits per heavy atom. The van der Waals surface area contributed by atoms with E-state index in [0.717, 1.165) is 42.5 Å². The van der Waals surface area contributed by atoms with Crippen molar-refractivity contribution in [2.75, 3.05) is 31.1 Å². The van der Waals surface area contributed by atoms with E-state index in [1.54, 1.807) is 17.4 Å². The molecular weight excluding hydrogens is 344 g/mol. The molecule has 3 aromatic rings. The van der Waals surface area contributed by atoms with Gasteiger partial charge in [-0.15, -0.1) is 11.3 Å². The number of hydrogen-bond donors (Lipinski definition) is 0. The van der Waals surface area contributed by atoms with Gasteiger partial charge in [-0.3, -0.25) is 9.20 Å². The van der Waals surface area contributed by atoms with Gasteiger partial charge in [0, 0.05) is 49.0 Å².